The Bertz CT molecular complexity index is 433. The van der Waals surface area contributed by atoms with E-state index >= 15 is 0 Å². The highest BCUT2D eigenvalue weighted by molar-refractivity contribution is 5.28. The van der Waals surface area contributed by atoms with Crippen LogP contribution in [0, 0.1) is 12.7 Å². The lowest BCUT2D eigenvalue weighted by atomic mass is 10.2. The number of rotatable bonds is 6. The molecule has 1 nitrogen and oxygen atoms in total. The fraction of sp³-hybridized carbons (Fsp3) is 0.200. The molecule has 0 aliphatic heterocycles. The summed E-state index contributed by atoms with van der Waals surface area (Å²) in [5, 5.41) is 0. The van der Waals surface area contributed by atoms with Crippen LogP contribution in [0.5, 0.6) is 5.75 Å². The van der Waals surface area contributed by atoms with Gasteiger partial charge in [0.05, 0.1) is 6.61 Å². The Kier molecular flexibility index (Phi) is 5.21. The molecule has 0 saturated carbocycles. The van der Waals surface area contributed by atoms with E-state index in [0.29, 0.717) is 24.3 Å². The van der Waals surface area contributed by atoms with E-state index in [1.54, 1.807) is 25.1 Å². The predicted octanol–water partition coefficient (Wildman–Crippen LogP) is 4.20. The Hall–Kier alpha value is -1.83. The first kappa shape index (κ1) is 13.2. The summed E-state index contributed by atoms with van der Waals surface area (Å²) < 4.78 is 18.6. The maximum Gasteiger partial charge on any atom is 0.129 e. The van der Waals surface area contributed by atoms with Crippen molar-refractivity contribution in [1.29, 1.82) is 0 Å². The number of aryl methyl sites for hydroxylation is 1. The fourth-order valence-corrected chi connectivity index (χ4v) is 1.25. The Morgan fingerprint density at radius 1 is 1.47 bits per heavy atom. The van der Waals surface area contributed by atoms with Crippen LogP contribution < -0.4 is 4.74 Å². The molecule has 0 N–H and O–H groups in total. The van der Waals surface area contributed by atoms with E-state index in [-0.39, 0.29) is 5.82 Å². The van der Waals surface area contributed by atoms with Crippen molar-refractivity contribution < 1.29 is 9.13 Å². The first-order chi connectivity index (χ1) is 8.13. The van der Waals surface area contributed by atoms with Crippen LogP contribution in [-0.2, 0) is 0 Å². The highest BCUT2D eigenvalue weighted by Crippen LogP contribution is 2.16. The van der Waals surface area contributed by atoms with Crippen molar-refractivity contribution in [2.24, 2.45) is 0 Å². The van der Waals surface area contributed by atoms with E-state index in [1.807, 2.05) is 12.2 Å². The van der Waals surface area contributed by atoms with Crippen LogP contribution in [-0.4, -0.2) is 6.61 Å². The highest BCUT2D eigenvalue weighted by Gasteiger charge is 2.00. The van der Waals surface area contributed by atoms with Gasteiger partial charge >= 0.3 is 0 Å². The number of halogens is 1. The number of hydrogen-bond donors (Lipinski definition) is 0. The van der Waals surface area contributed by atoms with Gasteiger partial charge in [-0.25, -0.2) is 4.39 Å². The Morgan fingerprint density at radius 2 is 2.24 bits per heavy atom. The topological polar surface area (TPSA) is 9.23 Å². The SMILES string of the molecule is C=C/C=C\C(=C)CCOc1ccc(C)c(F)c1. The van der Waals surface area contributed by atoms with Crippen molar-refractivity contribution in [2.45, 2.75) is 13.3 Å². The van der Waals surface area contributed by atoms with Gasteiger partial charge in [-0.05, 0) is 18.6 Å². The molecule has 1 rings (SSSR count). The molecule has 0 fully saturated rings. The molecular weight excluding hydrogens is 215 g/mol. The third-order valence-corrected chi connectivity index (χ3v) is 2.30. The van der Waals surface area contributed by atoms with Gasteiger partial charge in [-0.2, -0.15) is 0 Å². The second kappa shape index (κ2) is 6.69. The van der Waals surface area contributed by atoms with Crippen LogP contribution >= 0.6 is 0 Å². The number of ether oxygens (including phenoxy) is 1. The largest absolute Gasteiger partial charge is 0.493 e. The second-order valence-corrected chi connectivity index (χ2v) is 3.76. The lowest BCUT2D eigenvalue weighted by Gasteiger charge is -2.07. The third kappa shape index (κ3) is 4.68. The summed E-state index contributed by atoms with van der Waals surface area (Å²) >= 11 is 0. The summed E-state index contributed by atoms with van der Waals surface area (Å²) in [6, 6.07) is 4.87. The molecule has 0 aromatic heterocycles. The zero-order valence-electron chi connectivity index (χ0n) is 10.1. The minimum absolute atomic E-state index is 0.243. The molecule has 0 spiro atoms. The van der Waals surface area contributed by atoms with Crippen LogP contribution in [0.4, 0.5) is 4.39 Å². The number of hydrogen-bond acceptors (Lipinski definition) is 1. The molecule has 1 aromatic carbocycles. The summed E-state index contributed by atoms with van der Waals surface area (Å²) in [5.41, 5.74) is 1.58. The van der Waals surface area contributed by atoms with Gasteiger partial charge in [-0.3, -0.25) is 0 Å². The Morgan fingerprint density at radius 3 is 2.88 bits per heavy atom. The monoisotopic (exact) mass is 232 g/mol. The molecule has 0 aliphatic carbocycles. The van der Waals surface area contributed by atoms with Gasteiger partial charge < -0.3 is 4.74 Å². The van der Waals surface area contributed by atoms with E-state index in [0.717, 1.165) is 5.57 Å². The Balaban J connectivity index is 2.40. The van der Waals surface area contributed by atoms with Gasteiger partial charge in [-0.1, -0.05) is 43.0 Å². The number of benzene rings is 1. The van der Waals surface area contributed by atoms with Gasteiger partial charge in [0.15, 0.2) is 0 Å². The molecule has 0 heterocycles. The maximum atomic E-state index is 13.2. The zero-order valence-corrected chi connectivity index (χ0v) is 10.1. The van der Waals surface area contributed by atoms with Crippen LogP contribution in [0.2, 0.25) is 0 Å². The smallest absolute Gasteiger partial charge is 0.129 e. The molecule has 0 aliphatic rings. The Labute approximate surface area is 102 Å². The fourth-order valence-electron chi connectivity index (χ4n) is 1.25. The standard InChI is InChI=1S/C15H17FO/c1-4-5-6-12(2)9-10-17-14-8-7-13(3)15(16)11-14/h4-8,11H,1-2,9-10H2,3H3/b6-5-. The average Bonchev–Trinajstić information content (AvgIpc) is 2.31. The van der Waals surface area contributed by atoms with Crippen LogP contribution in [0.15, 0.2) is 55.2 Å². The third-order valence-electron chi connectivity index (χ3n) is 2.30. The lowest BCUT2D eigenvalue weighted by molar-refractivity contribution is 0.321. The van der Waals surface area contributed by atoms with Gasteiger partial charge in [0.25, 0.3) is 0 Å². The van der Waals surface area contributed by atoms with Crippen LogP contribution in [0.25, 0.3) is 0 Å². The predicted molar refractivity (Wildman–Crippen MR) is 69.7 cm³/mol. The van der Waals surface area contributed by atoms with Gasteiger partial charge in [0.1, 0.15) is 11.6 Å². The van der Waals surface area contributed by atoms with Crippen LogP contribution in [0.3, 0.4) is 0 Å². The molecule has 0 amide bonds. The second-order valence-electron chi connectivity index (χ2n) is 3.76. The maximum absolute atomic E-state index is 13.2. The normalized spacial score (nSPS) is 10.5. The molecule has 90 valence electrons. The molecule has 2 heteroatoms. The average molecular weight is 232 g/mol. The molecule has 0 atom stereocenters. The van der Waals surface area contributed by atoms with Crippen molar-refractivity contribution in [3.8, 4) is 5.75 Å². The first-order valence-corrected chi connectivity index (χ1v) is 5.49. The van der Waals surface area contributed by atoms with E-state index in [4.69, 9.17) is 4.74 Å². The summed E-state index contributed by atoms with van der Waals surface area (Å²) in [6.07, 6.45) is 6.11. The van der Waals surface area contributed by atoms with Crippen molar-refractivity contribution in [2.75, 3.05) is 6.61 Å². The van der Waals surface area contributed by atoms with Crippen LogP contribution in [0.1, 0.15) is 12.0 Å². The van der Waals surface area contributed by atoms with Crippen molar-refractivity contribution in [3.05, 3.63) is 66.5 Å². The van der Waals surface area contributed by atoms with E-state index in [1.165, 1.54) is 6.07 Å². The van der Waals surface area contributed by atoms with Gasteiger partial charge in [-0.15, -0.1) is 0 Å². The molecular formula is C15H17FO. The highest BCUT2D eigenvalue weighted by atomic mass is 19.1. The summed E-state index contributed by atoms with van der Waals surface area (Å²) in [7, 11) is 0. The zero-order chi connectivity index (χ0) is 12.7. The van der Waals surface area contributed by atoms with Gasteiger partial charge in [0.2, 0.25) is 0 Å². The molecule has 1 aromatic rings. The van der Waals surface area contributed by atoms with E-state index in [9.17, 15) is 4.39 Å². The number of allylic oxidation sites excluding steroid dienone is 3. The first-order valence-electron chi connectivity index (χ1n) is 5.49. The lowest BCUT2D eigenvalue weighted by Crippen LogP contribution is -1.98. The summed E-state index contributed by atoms with van der Waals surface area (Å²) in [6.45, 7) is 9.66. The molecule has 0 radical (unpaired) electrons. The molecule has 0 unspecified atom stereocenters. The van der Waals surface area contributed by atoms with Crippen molar-refractivity contribution in [1.82, 2.24) is 0 Å². The summed E-state index contributed by atoms with van der Waals surface area (Å²) in [5.74, 6) is 0.307. The minimum Gasteiger partial charge on any atom is -0.493 e. The van der Waals surface area contributed by atoms with Crippen molar-refractivity contribution in [3.63, 3.8) is 0 Å². The van der Waals surface area contributed by atoms with E-state index < -0.39 is 0 Å². The van der Waals surface area contributed by atoms with Gasteiger partial charge in [0, 0.05) is 12.5 Å². The minimum atomic E-state index is -0.243. The quantitative estimate of drug-likeness (QED) is 0.668. The van der Waals surface area contributed by atoms with E-state index in [2.05, 4.69) is 13.2 Å². The summed E-state index contributed by atoms with van der Waals surface area (Å²) in [4.78, 5) is 0. The molecule has 0 bridgehead atoms. The van der Waals surface area contributed by atoms with Crippen molar-refractivity contribution >= 4 is 0 Å². The molecule has 17 heavy (non-hydrogen) atoms. The molecule has 0 saturated heterocycles.